The Labute approximate surface area is 166 Å². The Balaban J connectivity index is 2.20. The normalized spacial score (nSPS) is 14.4. The van der Waals surface area contributed by atoms with Crippen LogP contribution in [0.3, 0.4) is 0 Å². The van der Waals surface area contributed by atoms with Gasteiger partial charge in [-0.15, -0.1) is 0 Å². The summed E-state index contributed by atoms with van der Waals surface area (Å²) in [6.45, 7) is 2.08. The molecule has 2 aromatic carbocycles. The van der Waals surface area contributed by atoms with E-state index in [2.05, 4.69) is 5.32 Å². The number of benzene rings is 2. The summed E-state index contributed by atoms with van der Waals surface area (Å²) >= 11 is 0. The van der Waals surface area contributed by atoms with Gasteiger partial charge in [0.15, 0.2) is 5.60 Å². The topological polar surface area (TPSA) is 95.5 Å². The van der Waals surface area contributed by atoms with Crippen LogP contribution in [-0.4, -0.2) is 32.2 Å². The number of hydrogen-bond donors (Lipinski definition) is 3. The fourth-order valence-corrected chi connectivity index (χ4v) is 3.43. The average molecular weight is 430 g/mol. The van der Waals surface area contributed by atoms with Crippen LogP contribution in [0.4, 0.5) is 18.9 Å². The second-order valence-corrected chi connectivity index (χ2v) is 8.48. The van der Waals surface area contributed by atoms with Crippen molar-refractivity contribution in [3.63, 3.8) is 0 Å². The predicted octanol–water partition coefficient (Wildman–Crippen LogP) is 3.01. The Morgan fingerprint density at radius 1 is 1.03 bits per heavy atom. The first-order valence-corrected chi connectivity index (χ1v) is 10.1. The van der Waals surface area contributed by atoms with Gasteiger partial charge in [-0.25, -0.2) is 13.1 Å². The van der Waals surface area contributed by atoms with Crippen molar-refractivity contribution in [2.75, 3.05) is 11.9 Å². The van der Waals surface area contributed by atoms with E-state index in [1.54, 1.807) is 13.8 Å². The number of halogens is 3. The lowest BCUT2D eigenvalue weighted by Crippen LogP contribution is -2.51. The van der Waals surface area contributed by atoms with Gasteiger partial charge in [0, 0.05) is 11.6 Å². The number of amides is 1. The molecule has 0 fully saturated rings. The second kappa shape index (κ2) is 8.52. The Bertz CT molecular complexity index is 946. The minimum Gasteiger partial charge on any atom is -0.375 e. The Morgan fingerprint density at radius 2 is 1.59 bits per heavy atom. The van der Waals surface area contributed by atoms with Crippen LogP contribution in [0.15, 0.2) is 59.5 Å². The third-order valence-electron chi connectivity index (χ3n) is 4.19. The van der Waals surface area contributed by atoms with Gasteiger partial charge in [0.2, 0.25) is 15.9 Å². The lowest BCUT2D eigenvalue weighted by atomic mass is 9.93. The summed E-state index contributed by atoms with van der Waals surface area (Å²) in [6.07, 6.45) is -5.11. The summed E-state index contributed by atoms with van der Waals surface area (Å²) in [6, 6.07) is 11.2. The molecule has 0 spiro atoms. The highest BCUT2D eigenvalue weighted by atomic mass is 32.2. The van der Waals surface area contributed by atoms with Gasteiger partial charge < -0.3 is 10.4 Å². The highest BCUT2D eigenvalue weighted by Gasteiger charge is 2.55. The number of rotatable bonds is 7. The second-order valence-electron chi connectivity index (χ2n) is 6.72. The summed E-state index contributed by atoms with van der Waals surface area (Å²) in [7, 11) is -4.35. The molecule has 1 amide bonds. The third kappa shape index (κ3) is 5.34. The van der Waals surface area contributed by atoms with Crippen molar-refractivity contribution in [3.05, 3.63) is 60.2 Å². The van der Waals surface area contributed by atoms with E-state index in [-0.39, 0.29) is 16.7 Å². The number of alkyl halides is 3. The lowest BCUT2D eigenvalue weighted by Gasteiger charge is -2.31. The van der Waals surface area contributed by atoms with Crippen LogP contribution in [0, 0.1) is 5.92 Å². The molecule has 0 aliphatic rings. The van der Waals surface area contributed by atoms with Crippen LogP contribution < -0.4 is 10.0 Å². The number of hydrogen-bond acceptors (Lipinski definition) is 4. The first kappa shape index (κ1) is 22.9. The van der Waals surface area contributed by atoms with Gasteiger partial charge in [-0.2, -0.15) is 13.2 Å². The van der Waals surface area contributed by atoms with Crippen molar-refractivity contribution in [2.45, 2.75) is 30.5 Å². The fraction of sp³-hybridized carbons (Fsp3) is 0.316. The molecular formula is C19H21F3N2O4S. The van der Waals surface area contributed by atoms with Gasteiger partial charge in [-0.1, -0.05) is 44.2 Å². The molecule has 0 radical (unpaired) electrons. The van der Waals surface area contributed by atoms with Crippen molar-refractivity contribution in [3.8, 4) is 0 Å². The maximum absolute atomic E-state index is 13.5. The number of carbonyl (C=O) groups excluding carboxylic acids is 1. The number of aliphatic hydroxyl groups is 1. The monoisotopic (exact) mass is 430 g/mol. The summed E-state index contributed by atoms with van der Waals surface area (Å²) in [4.78, 5) is 11.4. The van der Waals surface area contributed by atoms with Gasteiger partial charge in [0.1, 0.15) is 0 Å². The minimum atomic E-state index is -5.11. The highest BCUT2D eigenvalue weighted by Crippen LogP contribution is 2.38. The van der Waals surface area contributed by atoms with E-state index in [0.29, 0.717) is 5.69 Å². The molecule has 0 saturated heterocycles. The minimum absolute atomic E-state index is 0.267. The molecule has 3 N–H and O–H groups in total. The standard InChI is InChI=1S/C19H21F3N2O4S/c1-13(2)17(25)24-15-8-10-16(11-9-15)29(27,28)23-12-18(26,19(20,21)22)14-6-4-3-5-7-14/h3-11,13,23,26H,12H2,1-2H3,(H,24,25). The van der Waals surface area contributed by atoms with Crippen LogP contribution >= 0.6 is 0 Å². The van der Waals surface area contributed by atoms with Gasteiger partial charge in [-0.3, -0.25) is 4.79 Å². The van der Waals surface area contributed by atoms with Gasteiger partial charge in [-0.05, 0) is 29.8 Å². The molecule has 0 heterocycles. The molecule has 0 aliphatic carbocycles. The van der Waals surface area contributed by atoms with Crippen LogP contribution in [-0.2, 0) is 20.4 Å². The molecule has 2 aromatic rings. The van der Waals surface area contributed by atoms with Gasteiger partial charge in [0.05, 0.1) is 11.4 Å². The summed E-state index contributed by atoms with van der Waals surface area (Å²) in [5, 5.41) is 12.8. The molecule has 158 valence electrons. The molecular weight excluding hydrogens is 409 g/mol. The van der Waals surface area contributed by atoms with Crippen molar-refractivity contribution in [1.82, 2.24) is 4.72 Å². The van der Waals surface area contributed by atoms with Crippen LogP contribution in [0.2, 0.25) is 0 Å². The van der Waals surface area contributed by atoms with Crippen molar-refractivity contribution in [1.29, 1.82) is 0 Å². The van der Waals surface area contributed by atoms with E-state index in [0.717, 1.165) is 24.3 Å². The van der Waals surface area contributed by atoms with Crippen LogP contribution in [0.1, 0.15) is 19.4 Å². The zero-order valence-electron chi connectivity index (χ0n) is 15.7. The van der Waals surface area contributed by atoms with Crippen LogP contribution in [0.25, 0.3) is 0 Å². The molecule has 10 heteroatoms. The van der Waals surface area contributed by atoms with Crippen molar-refractivity contribution < 1.29 is 31.5 Å². The molecule has 6 nitrogen and oxygen atoms in total. The van der Waals surface area contributed by atoms with E-state index in [4.69, 9.17) is 0 Å². The number of sulfonamides is 1. The maximum Gasteiger partial charge on any atom is 0.422 e. The SMILES string of the molecule is CC(C)C(=O)Nc1ccc(S(=O)(=O)NCC(O)(c2ccccc2)C(F)(F)F)cc1. The van der Waals surface area contributed by atoms with E-state index in [1.807, 2.05) is 4.72 Å². The molecule has 0 aromatic heterocycles. The lowest BCUT2D eigenvalue weighted by molar-refractivity contribution is -0.263. The first-order chi connectivity index (χ1) is 13.4. The van der Waals surface area contributed by atoms with E-state index in [1.165, 1.54) is 30.3 Å². The zero-order valence-corrected chi connectivity index (χ0v) is 16.5. The first-order valence-electron chi connectivity index (χ1n) is 8.62. The van der Waals surface area contributed by atoms with E-state index < -0.39 is 33.9 Å². The number of carbonyl (C=O) groups is 1. The molecule has 29 heavy (non-hydrogen) atoms. The molecule has 1 atom stereocenters. The van der Waals surface area contributed by atoms with Crippen molar-refractivity contribution in [2.24, 2.45) is 5.92 Å². The summed E-state index contributed by atoms with van der Waals surface area (Å²) in [5.41, 5.74) is -3.53. The molecule has 1 unspecified atom stereocenters. The smallest absolute Gasteiger partial charge is 0.375 e. The third-order valence-corrected chi connectivity index (χ3v) is 5.61. The van der Waals surface area contributed by atoms with Crippen LogP contribution in [0.5, 0.6) is 0 Å². The quantitative estimate of drug-likeness (QED) is 0.629. The Kier molecular flexibility index (Phi) is 6.71. The molecule has 0 aliphatic heterocycles. The Hall–Kier alpha value is -2.43. The number of anilines is 1. The van der Waals surface area contributed by atoms with Gasteiger partial charge >= 0.3 is 6.18 Å². The molecule has 0 bridgehead atoms. The fourth-order valence-electron chi connectivity index (χ4n) is 2.37. The largest absolute Gasteiger partial charge is 0.422 e. The zero-order chi connectivity index (χ0) is 21.9. The Morgan fingerprint density at radius 3 is 2.07 bits per heavy atom. The van der Waals surface area contributed by atoms with Gasteiger partial charge in [0.25, 0.3) is 0 Å². The predicted molar refractivity (Wildman–Crippen MR) is 101 cm³/mol. The highest BCUT2D eigenvalue weighted by molar-refractivity contribution is 7.89. The summed E-state index contributed by atoms with van der Waals surface area (Å²) < 4.78 is 67.1. The molecule has 2 rings (SSSR count). The maximum atomic E-state index is 13.5. The average Bonchev–Trinajstić information content (AvgIpc) is 2.66. The molecule has 0 saturated carbocycles. The van der Waals surface area contributed by atoms with E-state index >= 15 is 0 Å². The van der Waals surface area contributed by atoms with E-state index in [9.17, 15) is 31.5 Å². The number of nitrogens with one attached hydrogen (secondary N) is 2. The van der Waals surface area contributed by atoms with Crippen molar-refractivity contribution >= 4 is 21.6 Å². The summed E-state index contributed by atoms with van der Waals surface area (Å²) in [5.74, 6) is -0.546.